The number of carbonyl (C=O) groups is 1. The summed E-state index contributed by atoms with van der Waals surface area (Å²) in [5, 5.41) is 12.8. The summed E-state index contributed by atoms with van der Waals surface area (Å²) < 4.78 is 30.8. The Morgan fingerprint density at radius 2 is 1.85 bits per heavy atom. The molecule has 34 heavy (non-hydrogen) atoms. The molecule has 2 aromatic heterocycles. The summed E-state index contributed by atoms with van der Waals surface area (Å²) in [4.78, 5) is 22.0. The van der Waals surface area contributed by atoms with Crippen LogP contribution in [0.2, 0.25) is 0 Å². The fraction of sp³-hybridized carbons (Fsp3) is 0.160. The van der Waals surface area contributed by atoms with Gasteiger partial charge < -0.3 is 24.3 Å². The van der Waals surface area contributed by atoms with Crippen molar-refractivity contribution in [3.8, 4) is 11.5 Å². The van der Waals surface area contributed by atoms with Gasteiger partial charge in [-0.2, -0.15) is 0 Å². The Balaban J connectivity index is 1.96. The smallest absolute Gasteiger partial charge is 0.261 e. The largest absolute Gasteiger partial charge is 0.497 e. The number of hydrogen-bond donors (Lipinski definition) is 2. The zero-order valence-corrected chi connectivity index (χ0v) is 18.8. The molecule has 0 saturated carbocycles. The number of carbonyl (C=O) groups excluding carboxylic acids is 1. The van der Waals surface area contributed by atoms with Crippen LogP contribution >= 0.6 is 0 Å². The second-order valence-corrected chi connectivity index (χ2v) is 7.35. The van der Waals surface area contributed by atoms with Gasteiger partial charge in [-0.05, 0) is 25.1 Å². The van der Waals surface area contributed by atoms with E-state index in [1.807, 2.05) is 0 Å². The average molecular weight is 463 g/mol. The first kappa shape index (κ1) is 22.9. The van der Waals surface area contributed by atoms with E-state index in [1.54, 1.807) is 37.3 Å². The summed E-state index contributed by atoms with van der Waals surface area (Å²) in [6.45, 7) is 1.43. The summed E-state index contributed by atoms with van der Waals surface area (Å²) in [5.74, 6) is -0.225. The predicted molar refractivity (Wildman–Crippen MR) is 124 cm³/mol. The van der Waals surface area contributed by atoms with Crippen LogP contribution in [0, 0.1) is 12.7 Å². The third-order valence-electron chi connectivity index (χ3n) is 5.15. The maximum atomic E-state index is 14.2. The summed E-state index contributed by atoms with van der Waals surface area (Å²) in [5.41, 5.74) is 1.81. The number of hydrogen-bond acceptors (Lipinski definition) is 7. The van der Waals surface area contributed by atoms with E-state index in [0.717, 1.165) is 0 Å². The number of benzene rings is 2. The number of para-hydroxylation sites is 1. The van der Waals surface area contributed by atoms with Gasteiger partial charge in [0.15, 0.2) is 5.58 Å². The minimum Gasteiger partial charge on any atom is -0.497 e. The van der Waals surface area contributed by atoms with E-state index in [9.17, 15) is 14.3 Å². The molecule has 2 N–H and O–H groups in total. The monoisotopic (exact) mass is 463 g/mol. The maximum Gasteiger partial charge on any atom is 0.261 e. The Hall–Kier alpha value is -4.24. The van der Waals surface area contributed by atoms with Crippen LogP contribution in [0.15, 0.2) is 64.1 Å². The minimum absolute atomic E-state index is 0.00915. The Morgan fingerprint density at radius 3 is 2.50 bits per heavy atom. The molecule has 1 amide bonds. The van der Waals surface area contributed by atoms with Gasteiger partial charge in [-0.25, -0.2) is 9.38 Å². The lowest BCUT2D eigenvalue weighted by Crippen LogP contribution is -2.22. The van der Waals surface area contributed by atoms with Gasteiger partial charge in [-0.1, -0.05) is 12.1 Å². The predicted octanol–water partition coefficient (Wildman–Crippen LogP) is 4.27. The van der Waals surface area contributed by atoms with Gasteiger partial charge in [0.2, 0.25) is 5.55 Å². The number of aryl methyl sites for hydroxylation is 1. The zero-order chi connectivity index (χ0) is 24.2. The molecular weight excluding hydrogens is 441 g/mol. The van der Waals surface area contributed by atoms with Crippen molar-refractivity contribution in [3.63, 3.8) is 0 Å². The summed E-state index contributed by atoms with van der Waals surface area (Å²) in [7, 11) is 3.02. The van der Waals surface area contributed by atoms with E-state index in [0.29, 0.717) is 39.4 Å². The number of halogens is 1. The highest BCUT2D eigenvalue weighted by molar-refractivity contribution is 6.05. The van der Waals surface area contributed by atoms with Crippen LogP contribution in [0.4, 0.5) is 15.8 Å². The van der Waals surface area contributed by atoms with Crippen molar-refractivity contribution in [2.45, 2.75) is 13.5 Å². The number of rotatable bonds is 6. The van der Waals surface area contributed by atoms with Crippen molar-refractivity contribution < 1.29 is 28.2 Å². The number of methoxy groups -OCH3 is 2. The summed E-state index contributed by atoms with van der Waals surface area (Å²) in [6.07, 6.45) is 1.51. The van der Waals surface area contributed by atoms with E-state index >= 15 is 0 Å². The first-order valence-electron chi connectivity index (χ1n) is 10.3. The van der Waals surface area contributed by atoms with Crippen molar-refractivity contribution in [3.05, 3.63) is 82.9 Å². The lowest BCUT2D eigenvalue weighted by atomic mass is 10.1. The molecular formula is C25H22FN3O5. The van der Waals surface area contributed by atoms with Gasteiger partial charge in [0.1, 0.15) is 22.9 Å². The van der Waals surface area contributed by atoms with Gasteiger partial charge in [0, 0.05) is 35.3 Å². The maximum absolute atomic E-state index is 14.2. The Labute approximate surface area is 194 Å². The van der Waals surface area contributed by atoms with E-state index in [-0.39, 0.29) is 23.4 Å². The molecule has 2 heterocycles. The summed E-state index contributed by atoms with van der Waals surface area (Å²) in [6, 6.07) is 12.4. The third kappa shape index (κ3) is 4.60. The van der Waals surface area contributed by atoms with E-state index in [2.05, 4.69) is 15.3 Å². The van der Waals surface area contributed by atoms with Gasteiger partial charge in [-0.15, -0.1) is 0 Å². The third-order valence-corrected chi connectivity index (χ3v) is 5.15. The van der Waals surface area contributed by atoms with Crippen LogP contribution in [-0.2, 0) is 6.61 Å². The molecule has 8 nitrogen and oxygen atoms in total. The topological polar surface area (TPSA) is 106 Å². The van der Waals surface area contributed by atoms with Crippen molar-refractivity contribution in [2.24, 2.45) is 4.99 Å². The molecule has 4 aromatic rings. The van der Waals surface area contributed by atoms with Crippen LogP contribution < -0.4 is 20.3 Å². The highest BCUT2D eigenvalue weighted by Gasteiger charge is 2.18. The second-order valence-electron chi connectivity index (χ2n) is 7.35. The first-order valence-corrected chi connectivity index (χ1v) is 10.3. The van der Waals surface area contributed by atoms with E-state index in [4.69, 9.17) is 13.9 Å². The molecule has 9 heteroatoms. The Bertz CT molecular complexity index is 1430. The van der Waals surface area contributed by atoms with Crippen molar-refractivity contribution >= 4 is 28.3 Å². The second kappa shape index (κ2) is 9.72. The number of aliphatic hydroxyl groups excluding tert-OH is 1. The molecule has 0 aliphatic heterocycles. The van der Waals surface area contributed by atoms with Gasteiger partial charge in [0.05, 0.1) is 37.9 Å². The van der Waals surface area contributed by atoms with Crippen molar-refractivity contribution in [2.75, 3.05) is 19.5 Å². The molecule has 2 aromatic carbocycles. The molecule has 0 fully saturated rings. The molecule has 0 spiro atoms. The van der Waals surface area contributed by atoms with Crippen LogP contribution in [0.25, 0.3) is 11.0 Å². The lowest BCUT2D eigenvalue weighted by molar-refractivity contribution is 0.102. The molecule has 0 aliphatic carbocycles. The van der Waals surface area contributed by atoms with Gasteiger partial charge in [-0.3, -0.25) is 9.78 Å². The molecule has 0 saturated heterocycles. The van der Waals surface area contributed by atoms with Gasteiger partial charge in [0.25, 0.3) is 5.91 Å². The summed E-state index contributed by atoms with van der Waals surface area (Å²) >= 11 is 0. The van der Waals surface area contributed by atoms with Crippen LogP contribution in [0.5, 0.6) is 11.5 Å². The molecule has 0 bridgehead atoms. The van der Waals surface area contributed by atoms with Crippen LogP contribution in [-0.4, -0.2) is 30.2 Å². The number of amides is 1. The first-order chi connectivity index (χ1) is 16.4. The number of pyridine rings is 1. The lowest BCUT2D eigenvalue weighted by Gasteiger charge is -2.10. The number of nitrogens with one attached hydrogen (secondary N) is 1. The number of nitrogens with zero attached hydrogens (tertiary/aromatic N) is 2. The van der Waals surface area contributed by atoms with Crippen LogP contribution in [0.1, 0.15) is 21.6 Å². The number of anilines is 1. The molecule has 4 rings (SSSR count). The standard InChI is InChI=1S/C25H22FN3O5/c1-14-23-19(15(13-30)12-27-14)11-20(24(31)29-22-7-5-4-6-21(22)26)25(34-23)28-16-8-17(32-2)10-18(9-16)33-3/h4-12,30H,13H2,1-3H3,(H,29,31). The normalized spacial score (nSPS) is 11.5. The zero-order valence-electron chi connectivity index (χ0n) is 18.8. The molecule has 0 radical (unpaired) electrons. The average Bonchev–Trinajstić information content (AvgIpc) is 2.85. The number of aromatic nitrogens is 1. The molecule has 0 aliphatic rings. The minimum atomic E-state index is -0.636. The van der Waals surface area contributed by atoms with Crippen LogP contribution in [0.3, 0.4) is 0 Å². The van der Waals surface area contributed by atoms with E-state index in [1.165, 1.54) is 38.6 Å². The van der Waals surface area contributed by atoms with Crippen molar-refractivity contribution in [1.29, 1.82) is 0 Å². The fourth-order valence-corrected chi connectivity index (χ4v) is 3.39. The fourth-order valence-electron chi connectivity index (χ4n) is 3.39. The number of ether oxygens (including phenoxy) is 2. The van der Waals surface area contributed by atoms with Gasteiger partial charge >= 0.3 is 0 Å². The number of fused-ring (bicyclic) bond motifs is 1. The molecule has 0 unspecified atom stereocenters. The van der Waals surface area contributed by atoms with Crippen molar-refractivity contribution in [1.82, 2.24) is 4.98 Å². The Morgan fingerprint density at radius 1 is 1.15 bits per heavy atom. The Kier molecular flexibility index (Phi) is 6.55. The van der Waals surface area contributed by atoms with E-state index < -0.39 is 11.7 Å². The SMILES string of the molecule is COc1cc(N=c2oc3c(C)ncc(CO)c3cc2C(=O)Nc2ccccc2F)cc(OC)c1. The molecule has 174 valence electrons. The quantitative estimate of drug-likeness (QED) is 0.442. The number of aliphatic hydroxyl groups is 1. The highest BCUT2D eigenvalue weighted by atomic mass is 19.1. The molecule has 0 atom stereocenters. The highest BCUT2D eigenvalue weighted by Crippen LogP contribution is 2.28.